The number of cyclic esters (lactones) is 1. The fourth-order valence-corrected chi connectivity index (χ4v) is 7.71. The van der Waals surface area contributed by atoms with E-state index in [1.54, 1.807) is 9.80 Å². The summed E-state index contributed by atoms with van der Waals surface area (Å²) in [7, 11) is 0. The summed E-state index contributed by atoms with van der Waals surface area (Å²) in [5.41, 5.74) is -0.432. The summed E-state index contributed by atoms with van der Waals surface area (Å²) in [6.07, 6.45) is 8.32. The van der Waals surface area contributed by atoms with Crippen LogP contribution < -0.4 is 0 Å². The highest BCUT2D eigenvalue weighted by molar-refractivity contribution is 8.02. The number of amides is 2. The quantitative estimate of drug-likeness (QED) is 0.508. The van der Waals surface area contributed by atoms with Gasteiger partial charge in [-0.3, -0.25) is 14.4 Å². The number of thioether (sulfide) groups is 1. The van der Waals surface area contributed by atoms with E-state index in [2.05, 4.69) is 0 Å². The lowest BCUT2D eigenvalue weighted by atomic mass is 9.78. The molecule has 1 N–H and O–H groups in total. The van der Waals surface area contributed by atoms with Crippen LogP contribution in [-0.4, -0.2) is 80.1 Å². The fraction of sp³-hybridized carbons (Fsp3) is 0.708. The first-order valence-electron chi connectivity index (χ1n) is 11.5. The Bertz CT molecular complexity index is 863. The molecule has 176 valence electrons. The molecule has 0 aromatic heterocycles. The van der Waals surface area contributed by atoms with E-state index in [1.165, 1.54) is 11.8 Å². The maximum atomic E-state index is 14.1. The Hall–Kier alpha value is -1.80. The Morgan fingerprint density at radius 3 is 2.56 bits per heavy atom. The van der Waals surface area contributed by atoms with Crippen LogP contribution in [0.25, 0.3) is 0 Å². The lowest BCUT2D eigenvalue weighted by molar-refractivity contribution is -0.152. The molecule has 1 unspecified atom stereocenters. The van der Waals surface area contributed by atoms with E-state index in [-0.39, 0.29) is 42.2 Å². The van der Waals surface area contributed by atoms with Gasteiger partial charge in [-0.2, -0.15) is 0 Å². The van der Waals surface area contributed by atoms with E-state index in [0.717, 1.165) is 0 Å². The summed E-state index contributed by atoms with van der Waals surface area (Å²) in [6, 6.07) is -1.25. The number of aliphatic hydroxyl groups excluding tert-OH is 1. The van der Waals surface area contributed by atoms with Gasteiger partial charge < -0.3 is 19.6 Å². The maximum absolute atomic E-state index is 14.1. The monoisotopic (exact) mass is 462 g/mol. The Labute approximate surface area is 194 Å². The molecule has 1 spiro atoms. The van der Waals surface area contributed by atoms with E-state index >= 15 is 0 Å². The van der Waals surface area contributed by atoms with E-state index < -0.39 is 34.2 Å². The van der Waals surface area contributed by atoms with E-state index in [4.69, 9.17) is 4.74 Å². The summed E-state index contributed by atoms with van der Waals surface area (Å²) in [5.74, 6) is -1.84. The summed E-state index contributed by atoms with van der Waals surface area (Å²) >= 11 is 1.53. The molecular weight excluding hydrogens is 428 g/mol. The second-order valence-corrected chi connectivity index (χ2v) is 12.1. The van der Waals surface area contributed by atoms with Gasteiger partial charge in [0.25, 0.3) is 0 Å². The zero-order valence-electron chi connectivity index (χ0n) is 19.5. The van der Waals surface area contributed by atoms with Gasteiger partial charge in [0.1, 0.15) is 12.6 Å². The highest BCUT2D eigenvalue weighted by Crippen LogP contribution is 2.61. The van der Waals surface area contributed by atoms with Gasteiger partial charge in [-0.25, -0.2) is 0 Å². The fourth-order valence-electron chi connectivity index (χ4n) is 5.73. The number of carbonyl (C=O) groups is 3. The molecule has 7 nitrogen and oxygen atoms in total. The predicted molar refractivity (Wildman–Crippen MR) is 123 cm³/mol. The van der Waals surface area contributed by atoms with Crippen LogP contribution in [0.5, 0.6) is 0 Å². The van der Waals surface area contributed by atoms with Crippen molar-refractivity contribution in [1.29, 1.82) is 0 Å². The number of esters is 1. The zero-order valence-corrected chi connectivity index (χ0v) is 20.3. The van der Waals surface area contributed by atoms with Crippen molar-refractivity contribution in [3.63, 3.8) is 0 Å². The number of hydrogen-bond acceptors (Lipinski definition) is 6. The molecule has 2 fully saturated rings. The van der Waals surface area contributed by atoms with Crippen LogP contribution in [0.1, 0.15) is 41.0 Å². The van der Waals surface area contributed by atoms with Crippen molar-refractivity contribution in [3.05, 3.63) is 24.3 Å². The van der Waals surface area contributed by atoms with Gasteiger partial charge in [-0.05, 0) is 33.1 Å². The minimum atomic E-state index is -0.866. The Morgan fingerprint density at radius 2 is 1.94 bits per heavy atom. The minimum absolute atomic E-state index is 0.123. The van der Waals surface area contributed by atoms with Crippen molar-refractivity contribution >= 4 is 29.5 Å². The van der Waals surface area contributed by atoms with Crippen molar-refractivity contribution in [2.75, 3.05) is 19.8 Å². The lowest BCUT2D eigenvalue weighted by Crippen LogP contribution is -2.59. The van der Waals surface area contributed by atoms with Gasteiger partial charge in [-0.1, -0.05) is 38.2 Å². The molecule has 2 amide bonds. The molecule has 4 heterocycles. The zero-order chi connectivity index (χ0) is 23.4. The van der Waals surface area contributed by atoms with Crippen LogP contribution in [0.15, 0.2) is 24.3 Å². The van der Waals surface area contributed by atoms with Crippen LogP contribution in [0.2, 0.25) is 0 Å². The first kappa shape index (κ1) is 23.4. The summed E-state index contributed by atoms with van der Waals surface area (Å²) < 4.78 is 4.52. The van der Waals surface area contributed by atoms with Crippen molar-refractivity contribution in [2.45, 2.75) is 68.7 Å². The molecule has 4 aliphatic heterocycles. The third-order valence-electron chi connectivity index (χ3n) is 7.01. The van der Waals surface area contributed by atoms with Crippen LogP contribution in [0.3, 0.4) is 0 Å². The first-order valence-corrected chi connectivity index (χ1v) is 12.3. The van der Waals surface area contributed by atoms with Gasteiger partial charge in [0.2, 0.25) is 11.8 Å². The molecule has 0 aliphatic carbocycles. The average Bonchev–Trinajstić information content (AvgIpc) is 3.00. The molecule has 0 radical (unpaired) electrons. The molecule has 0 saturated carbocycles. The Morgan fingerprint density at radius 1 is 1.22 bits per heavy atom. The van der Waals surface area contributed by atoms with Gasteiger partial charge in [0, 0.05) is 17.3 Å². The number of rotatable bonds is 4. The summed E-state index contributed by atoms with van der Waals surface area (Å²) in [6.45, 7) is 10.4. The van der Waals surface area contributed by atoms with E-state index in [9.17, 15) is 19.5 Å². The third kappa shape index (κ3) is 3.50. The molecule has 4 aliphatic rings. The van der Waals surface area contributed by atoms with E-state index in [0.29, 0.717) is 13.0 Å². The highest BCUT2D eigenvalue weighted by atomic mass is 32.2. The smallest absolute Gasteiger partial charge is 0.311 e. The molecule has 4 rings (SSSR count). The van der Waals surface area contributed by atoms with Crippen LogP contribution in [0.4, 0.5) is 0 Å². The van der Waals surface area contributed by atoms with Gasteiger partial charge in [0.05, 0.1) is 29.2 Å². The van der Waals surface area contributed by atoms with Crippen molar-refractivity contribution in [1.82, 2.24) is 9.80 Å². The number of nitrogens with zero attached hydrogens (tertiary/aromatic N) is 2. The maximum Gasteiger partial charge on any atom is 0.311 e. The number of fused-ring (bicyclic) bond motifs is 2. The first-order chi connectivity index (χ1) is 15.0. The largest absolute Gasteiger partial charge is 0.461 e. The number of likely N-dealkylation sites (tertiary alicyclic amines) is 1. The average molecular weight is 463 g/mol. The van der Waals surface area contributed by atoms with Crippen molar-refractivity contribution in [2.24, 2.45) is 17.8 Å². The highest BCUT2D eigenvalue weighted by Gasteiger charge is 2.72. The standard InChI is InChI=1S/C24H34N2O5S/c1-14(2)12-15(13-27)26-19-21(29)25(23(3,4)5)10-7-9-24(19)18(20(26)28)17-16(32-24)8-6-11-31-22(17)30/h6-9,14-19,27H,10-13H2,1-5H3/t15-,16-,17+,18+,19?,24+/m1/s1. The molecule has 6 atom stereocenters. The SMILES string of the molecule is CC(C)C[C@H](CO)N1C(=O)[C@@H]2[C@H]3C(=O)OCC=C[C@H]3S[C@@]23C=CCN(C(C)(C)C)C(=O)C13. The minimum Gasteiger partial charge on any atom is -0.461 e. The molecule has 0 aromatic rings. The molecule has 8 heteroatoms. The Balaban J connectivity index is 1.87. The Kier molecular flexibility index (Phi) is 5.99. The van der Waals surface area contributed by atoms with Gasteiger partial charge >= 0.3 is 5.97 Å². The summed E-state index contributed by atoms with van der Waals surface area (Å²) in [4.78, 5) is 44.5. The number of carbonyl (C=O) groups excluding carboxylic acids is 3. The molecular formula is C24H34N2O5S. The van der Waals surface area contributed by atoms with Crippen LogP contribution in [0, 0.1) is 17.8 Å². The van der Waals surface area contributed by atoms with Crippen LogP contribution >= 0.6 is 11.8 Å². The molecule has 0 bridgehead atoms. The molecule has 2 saturated heterocycles. The lowest BCUT2D eigenvalue weighted by Gasteiger charge is -2.42. The predicted octanol–water partition coefficient (Wildman–Crippen LogP) is 2.00. The number of ether oxygens (including phenoxy) is 1. The van der Waals surface area contributed by atoms with Gasteiger partial charge in [0.15, 0.2) is 0 Å². The third-order valence-corrected chi connectivity index (χ3v) is 8.75. The number of hydrogen-bond donors (Lipinski definition) is 1. The van der Waals surface area contributed by atoms with Gasteiger partial charge in [-0.15, -0.1) is 11.8 Å². The normalized spacial score (nSPS) is 35.4. The van der Waals surface area contributed by atoms with Crippen molar-refractivity contribution < 1.29 is 24.2 Å². The second kappa shape index (κ2) is 8.20. The second-order valence-electron chi connectivity index (χ2n) is 10.6. The molecule has 32 heavy (non-hydrogen) atoms. The topological polar surface area (TPSA) is 87.2 Å². The van der Waals surface area contributed by atoms with E-state index in [1.807, 2.05) is 58.9 Å². The number of aliphatic hydroxyl groups is 1. The molecule has 0 aromatic carbocycles. The van der Waals surface area contributed by atoms with Crippen molar-refractivity contribution in [3.8, 4) is 0 Å². The summed E-state index contributed by atoms with van der Waals surface area (Å²) in [5, 5.41) is 10.0. The van der Waals surface area contributed by atoms with Crippen LogP contribution in [-0.2, 0) is 19.1 Å².